The van der Waals surface area contributed by atoms with Gasteiger partial charge in [0.25, 0.3) is 0 Å². The number of aromatic nitrogens is 1. The lowest BCUT2D eigenvalue weighted by atomic mass is 9.87. The highest BCUT2D eigenvalue weighted by atomic mass is 16.3. The molecule has 0 aliphatic rings. The van der Waals surface area contributed by atoms with Crippen molar-refractivity contribution in [1.82, 2.24) is 4.98 Å². The molecule has 0 aliphatic carbocycles. The first kappa shape index (κ1) is 8.21. The lowest BCUT2D eigenvalue weighted by molar-refractivity contribution is 0.218. The molecule has 0 atom stereocenters. The van der Waals surface area contributed by atoms with Gasteiger partial charge < -0.3 is 5.11 Å². The van der Waals surface area contributed by atoms with Crippen LogP contribution in [0.1, 0.15) is 19.4 Å². The predicted octanol–water partition coefficient (Wildman–Crippen LogP) is 1.35. The zero-order valence-corrected chi connectivity index (χ0v) is 6.91. The molecular weight excluding hydrogens is 138 g/mol. The van der Waals surface area contributed by atoms with Gasteiger partial charge in [-0.05, 0) is 11.6 Å². The number of hydrogen-bond donors (Lipinski definition) is 1. The van der Waals surface area contributed by atoms with E-state index >= 15 is 0 Å². The van der Waals surface area contributed by atoms with E-state index in [1.54, 1.807) is 12.4 Å². The molecule has 0 saturated heterocycles. The molecule has 2 heteroatoms. The van der Waals surface area contributed by atoms with Gasteiger partial charge in [-0.2, -0.15) is 0 Å². The van der Waals surface area contributed by atoms with Crippen LogP contribution in [0.2, 0.25) is 0 Å². The summed E-state index contributed by atoms with van der Waals surface area (Å²) in [6, 6.07) is 3.86. The molecule has 0 aliphatic heterocycles. The van der Waals surface area contributed by atoms with Crippen molar-refractivity contribution in [3.8, 4) is 0 Å². The molecule has 11 heavy (non-hydrogen) atoms. The third-order valence-electron chi connectivity index (χ3n) is 1.84. The number of hydrogen-bond acceptors (Lipinski definition) is 2. The normalized spacial score (nSPS) is 11.5. The Hall–Kier alpha value is -0.890. The van der Waals surface area contributed by atoms with Crippen LogP contribution < -0.4 is 0 Å². The third-order valence-corrected chi connectivity index (χ3v) is 1.84. The molecule has 60 valence electrons. The van der Waals surface area contributed by atoms with Crippen LogP contribution in [0.15, 0.2) is 24.5 Å². The molecule has 0 radical (unpaired) electrons. The second kappa shape index (κ2) is 3.01. The lowest BCUT2D eigenvalue weighted by Gasteiger charge is -2.21. The van der Waals surface area contributed by atoms with Crippen molar-refractivity contribution in [2.24, 2.45) is 0 Å². The first-order valence-corrected chi connectivity index (χ1v) is 3.68. The smallest absolute Gasteiger partial charge is 0.0523 e. The van der Waals surface area contributed by atoms with Crippen LogP contribution in [0.5, 0.6) is 0 Å². The highest BCUT2D eigenvalue weighted by Gasteiger charge is 2.18. The van der Waals surface area contributed by atoms with Crippen LogP contribution in [-0.4, -0.2) is 16.7 Å². The van der Waals surface area contributed by atoms with Gasteiger partial charge in [0.15, 0.2) is 0 Å². The van der Waals surface area contributed by atoms with E-state index in [-0.39, 0.29) is 12.0 Å². The number of rotatable bonds is 2. The molecule has 1 heterocycles. The van der Waals surface area contributed by atoms with Gasteiger partial charge in [-0.25, -0.2) is 0 Å². The summed E-state index contributed by atoms with van der Waals surface area (Å²) >= 11 is 0. The maximum absolute atomic E-state index is 9.02. The molecule has 0 spiro atoms. The van der Waals surface area contributed by atoms with Crippen molar-refractivity contribution in [3.05, 3.63) is 30.1 Å². The monoisotopic (exact) mass is 151 g/mol. The van der Waals surface area contributed by atoms with Gasteiger partial charge >= 0.3 is 0 Å². The second-order valence-electron chi connectivity index (χ2n) is 3.28. The molecule has 0 amide bonds. The summed E-state index contributed by atoms with van der Waals surface area (Å²) in [5.74, 6) is 0. The Morgan fingerprint density at radius 1 is 1.55 bits per heavy atom. The SMILES string of the molecule is CC(C)(CO)c1cccnc1. The Labute approximate surface area is 66.9 Å². The highest BCUT2D eigenvalue weighted by Crippen LogP contribution is 2.20. The highest BCUT2D eigenvalue weighted by molar-refractivity contribution is 5.19. The Morgan fingerprint density at radius 3 is 2.73 bits per heavy atom. The molecular formula is C9H13NO. The number of aliphatic hydroxyl groups is 1. The third kappa shape index (κ3) is 1.77. The van der Waals surface area contributed by atoms with Crippen LogP contribution >= 0.6 is 0 Å². The average molecular weight is 151 g/mol. The summed E-state index contributed by atoms with van der Waals surface area (Å²) < 4.78 is 0. The molecule has 0 fully saturated rings. The fraction of sp³-hybridized carbons (Fsp3) is 0.444. The van der Waals surface area contributed by atoms with Crippen LogP contribution in [0.3, 0.4) is 0 Å². The van der Waals surface area contributed by atoms with E-state index in [0.29, 0.717) is 0 Å². The first-order valence-electron chi connectivity index (χ1n) is 3.68. The molecule has 0 saturated carbocycles. The fourth-order valence-corrected chi connectivity index (χ4v) is 0.854. The van der Waals surface area contributed by atoms with Gasteiger partial charge in [-0.3, -0.25) is 4.98 Å². The van der Waals surface area contributed by atoms with Crippen LogP contribution in [0.25, 0.3) is 0 Å². The molecule has 2 nitrogen and oxygen atoms in total. The Morgan fingerprint density at radius 2 is 2.27 bits per heavy atom. The molecule has 1 N–H and O–H groups in total. The predicted molar refractivity (Wildman–Crippen MR) is 44.3 cm³/mol. The van der Waals surface area contributed by atoms with E-state index in [2.05, 4.69) is 4.98 Å². The average Bonchev–Trinajstić information content (AvgIpc) is 2.06. The number of pyridine rings is 1. The largest absolute Gasteiger partial charge is 0.395 e. The van der Waals surface area contributed by atoms with Crippen molar-refractivity contribution in [2.75, 3.05) is 6.61 Å². The second-order valence-corrected chi connectivity index (χ2v) is 3.28. The summed E-state index contributed by atoms with van der Waals surface area (Å²) in [7, 11) is 0. The van der Waals surface area contributed by atoms with Gasteiger partial charge in [0.1, 0.15) is 0 Å². The van der Waals surface area contributed by atoms with Crippen LogP contribution in [-0.2, 0) is 5.41 Å². The summed E-state index contributed by atoms with van der Waals surface area (Å²) in [5, 5.41) is 9.02. The first-order chi connectivity index (χ1) is 5.17. The van der Waals surface area contributed by atoms with Crippen molar-refractivity contribution in [3.63, 3.8) is 0 Å². The van der Waals surface area contributed by atoms with E-state index in [1.165, 1.54) is 0 Å². The quantitative estimate of drug-likeness (QED) is 0.692. The molecule has 0 bridgehead atoms. The summed E-state index contributed by atoms with van der Waals surface area (Å²) in [5.41, 5.74) is 0.899. The minimum atomic E-state index is -0.172. The molecule has 0 unspecified atom stereocenters. The van der Waals surface area contributed by atoms with E-state index in [4.69, 9.17) is 5.11 Å². The van der Waals surface area contributed by atoms with Crippen LogP contribution in [0, 0.1) is 0 Å². The van der Waals surface area contributed by atoms with Crippen molar-refractivity contribution in [1.29, 1.82) is 0 Å². The zero-order chi connectivity index (χ0) is 8.32. The van der Waals surface area contributed by atoms with E-state index < -0.39 is 0 Å². The summed E-state index contributed by atoms with van der Waals surface area (Å²) in [4.78, 5) is 3.99. The Bertz CT molecular complexity index is 218. The zero-order valence-electron chi connectivity index (χ0n) is 6.91. The molecule has 0 aromatic carbocycles. The summed E-state index contributed by atoms with van der Waals surface area (Å²) in [6.45, 7) is 4.13. The topological polar surface area (TPSA) is 33.1 Å². The van der Waals surface area contributed by atoms with Crippen molar-refractivity contribution >= 4 is 0 Å². The minimum absolute atomic E-state index is 0.151. The van der Waals surface area contributed by atoms with E-state index in [1.807, 2.05) is 26.0 Å². The van der Waals surface area contributed by atoms with Gasteiger partial charge in [-0.1, -0.05) is 19.9 Å². The molecule has 1 aromatic rings. The molecule has 1 aromatic heterocycles. The maximum atomic E-state index is 9.02. The Balaban J connectivity index is 2.93. The number of aliphatic hydroxyl groups excluding tert-OH is 1. The van der Waals surface area contributed by atoms with Gasteiger partial charge in [0.2, 0.25) is 0 Å². The van der Waals surface area contributed by atoms with Crippen LogP contribution in [0.4, 0.5) is 0 Å². The number of nitrogens with zero attached hydrogens (tertiary/aromatic N) is 1. The van der Waals surface area contributed by atoms with Crippen molar-refractivity contribution in [2.45, 2.75) is 19.3 Å². The van der Waals surface area contributed by atoms with Gasteiger partial charge in [-0.15, -0.1) is 0 Å². The maximum Gasteiger partial charge on any atom is 0.0523 e. The molecule has 1 rings (SSSR count). The van der Waals surface area contributed by atoms with E-state index in [9.17, 15) is 0 Å². The Kier molecular flexibility index (Phi) is 2.25. The minimum Gasteiger partial charge on any atom is -0.395 e. The standard InChI is InChI=1S/C9H13NO/c1-9(2,7-11)8-4-3-5-10-6-8/h3-6,11H,7H2,1-2H3. The van der Waals surface area contributed by atoms with Gasteiger partial charge in [0, 0.05) is 17.8 Å². The van der Waals surface area contributed by atoms with Gasteiger partial charge in [0.05, 0.1) is 6.61 Å². The summed E-state index contributed by atoms with van der Waals surface area (Å²) in [6.07, 6.45) is 3.52. The van der Waals surface area contributed by atoms with Crippen molar-refractivity contribution < 1.29 is 5.11 Å². The lowest BCUT2D eigenvalue weighted by Crippen LogP contribution is -2.21. The fourth-order valence-electron chi connectivity index (χ4n) is 0.854. The van der Waals surface area contributed by atoms with E-state index in [0.717, 1.165) is 5.56 Å².